The maximum absolute atomic E-state index is 13.0. The van der Waals surface area contributed by atoms with Crippen molar-refractivity contribution in [3.63, 3.8) is 0 Å². The van der Waals surface area contributed by atoms with E-state index in [1.54, 1.807) is 19.2 Å². The second-order valence-corrected chi connectivity index (χ2v) is 8.21. The number of phenols is 1. The first-order valence-electron chi connectivity index (χ1n) is 11.2. The Morgan fingerprint density at radius 3 is 2.65 bits per heavy atom. The third-order valence-electron chi connectivity index (χ3n) is 6.16. The number of carbonyl (C=O) groups is 1. The molecule has 0 radical (unpaired) electrons. The summed E-state index contributed by atoms with van der Waals surface area (Å²) >= 11 is 0. The highest BCUT2D eigenvalue weighted by atomic mass is 16.7. The summed E-state index contributed by atoms with van der Waals surface area (Å²) < 4.78 is 18.3. The van der Waals surface area contributed by atoms with Crippen LogP contribution in [0.1, 0.15) is 23.5 Å². The van der Waals surface area contributed by atoms with E-state index in [2.05, 4.69) is 28.1 Å². The minimum atomic E-state index is -0.368. The average molecular weight is 459 g/mol. The highest BCUT2D eigenvalue weighted by Gasteiger charge is 2.25. The molecule has 1 aliphatic rings. The number of ether oxygens (including phenoxy) is 3. The molecule has 4 aromatic rings. The first kappa shape index (κ1) is 21.7. The SMILES string of the molecule is COc1ccc(C(CC(=O)NCCn2ccc3ccccc32)c2cc3c(cc2O)OCO3)cc1. The van der Waals surface area contributed by atoms with Crippen LogP contribution in [0.2, 0.25) is 0 Å². The molecule has 1 amide bonds. The number of phenolic OH excluding ortho intramolecular Hbond substituents is 1. The molecule has 3 aromatic carbocycles. The van der Waals surface area contributed by atoms with Gasteiger partial charge in [-0.15, -0.1) is 0 Å². The van der Waals surface area contributed by atoms with Crippen LogP contribution in [0, 0.1) is 0 Å². The molecule has 2 N–H and O–H groups in total. The molecular weight excluding hydrogens is 432 g/mol. The first-order valence-corrected chi connectivity index (χ1v) is 11.2. The summed E-state index contributed by atoms with van der Waals surface area (Å²) in [7, 11) is 1.61. The van der Waals surface area contributed by atoms with Gasteiger partial charge in [0.25, 0.3) is 0 Å². The molecule has 5 rings (SSSR count). The van der Waals surface area contributed by atoms with Gasteiger partial charge in [0.15, 0.2) is 11.5 Å². The minimum Gasteiger partial charge on any atom is -0.508 e. The third-order valence-corrected chi connectivity index (χ3v) is 6.16. The fourth-order valence-corrected chi connectivity index (χ4v) is 4.38. The molecule has 1 aliphatic heterocycles. The number of carbonyl (C=O) groups excluding carboxylic acids is 1. The minimum absolute atomic E-state index is 0.0664. The molecule has 1 unspecified atom stereocenters. The fourth-order valence-electron chi connectivity index (χ4n) is 4.38. The Morgan fingerprint density at radius 1 is 1.09 bits per heavy atom. The predicted molar refractivity (Wildman–Crippen MR) is 129 cm³/mol. The van der Waals surface area contributed by atoms with Crippen LogP contribution in [-0.4, -0.2) is 36.0 Å². The van der Waals surface area contributed by atoms with Crippen LogP contribution in [-0.2, 0) is 11.3 Å². The lowest BCUT2D eigenvalue weighted by atomic mass is 9.87. The number of aromatic nitrogens is 1. The second-order valence-electron chi connectivity index (χ2n) is 8.21. The Hall–Kier alpha value is -4.13. The normalized spacial score (nSPS) is 13.1. The van der Waals surface area contributed by atoms with Gasteiger partial charge in [-0.1, -0.05) is 30.3 Å². The van der Waals surface area contributed by atoms with Crippen molar-refractivity contribution in [3.8, 4) is 23.0 Å². The van der Waals surface area contributed by atoms with Gasteiger partial charge in [0, 0.05) is 48.8 Å². The molecule has 0 bridgehead atoms. The fraction of sp³-hybridized carbons (Fsp3) is 0.222. The van der Waals surface area contributed by atoms with E-state index in [4.69, 9.17) is 14.2 Å². The van der Waals surface area contributed by atoms with E-state index in [0.29, 0.717) is 30.2 Å². The summed E-state index contributed by atoms with van der Waals surface area (Å²) in [6, 6.07) is 21.0. The van der Waals surface area contributed by atoms with Gasteiger partial charge in [-0.2, -0.15) is 0 Å². The Morgan fingerprint density at radius 2 is 1.85 bits per heavy atom. The maximum Gasteiger partial charge on any atom is 0.231 e. The van der Waals surface area contributed by atoms with Crippen molar-refractivity contribution in [3.05, 3.63) is 84.1 Å². The lowest BCUT2D eigenvalue weighted by Crippen LogP contribution is -2.28. The number of fused-ring (bicyclic) bond motifs is 2. The van der Waals surface area contributed by atoms with Gasteiger partial charge >= 0.3 is 0 Å². The van der Waals surface area contributed by atoms with Crippen LogP contribution in [0.5, 0.6) is 23.0 Å². The Bertz CT molecular complexity index is 1310. The van der Waals surface area contributed by atoms with Crippen LogP contribution < -0.4 is 19.5 Å². The summed E-state index contributed by atoms with van der Waals surface area (Å²) in [4.78, 5) is 13.0. The zero-order chi connectivity index (χ0) is 23.5. The molecule has 0 saturated heterocycles. The summed E-state index contributed by atoms with van der Waals surface area (Å²) in [6.07, 6.45) is 2.20. The molecular formula is C27H26N2O5. The predicted octanol–water partition coefficient (Wildman–Crippen LogP) is 4.42. The first-order chi connectivity index (χ1) is 16.6. The molecule has 7 nitrogen and oxygen atoms in total. The van der Waals surface area contributed by atoms with Gasteiger partial charge < -0.3 is 29.2 Å². The van der Waals surface area contributed by atoms with Crippen LogP contribution in [0.3, 0.4) is 0 Å². The number of hydrogen-bond acceptors (Lipinski definition) is 5. The van der Waals surface area contributed by atoms with Gasteiger partial charge in [-0.25, -0.2) is 0 Å². The van der Waals surface area contributed by atoms with E-state index in [1.165, 1.54) is 5.39 Å². The van der Waals surface area contributed by atoms with Gasteiger partial charge in [0.1, 0.15) is 11.5 Å². The van der Waals surface area contributed by atoms with Crippen LogP contribution in [0.25, 0.3) is 10.9 Å². The number of para-hydroxylation sites is 1. The molecule has 0 fully saturated rings. The number of rotatable bonds is 8. The summed E-state index contributed by atoms with van der Waals surface area (Å²) in [5.74, 6) is 1.38. The smallest absolute Gasteiger partial charge is 0.231 e. The van der Waals surface area contributed by atoms with Crippen molar-refractivity contribution in [2.45, 2.75) is 18.9 Å². The van der Waals surface area contributed by atoms with Gasteiger partial charge in [0.05, 0.1) is 7.11 Å². The van der Waals surface area contributed by atoms with Crippen LogP contribution >= 0.6 is 0 Å². The lowest BCUT2D eigenvalue weighted by molar-refractivity contribution is -0.121. The molecule has 0 saturated carbocycles. The van der Waals surface area contributed by atoms with Crippen molar-refractivity contribution < 1.29 is 24.1 Å². The van der Waals surface area contributed by atoms with Crippen molar-refractivity contribution in [1.29, 1.82) is 0 Å². The molecule has 1 atom stereocenters. The van der Waals surface area contributed by atoms with Crippen molar-refractivity contribution in [1.82, 2.24) is 9.88 Å². The summed E-state index contributed by atoms with van der Waals surface area (Å²) in [5, 5.41) is 14.9. The van der Waals surface area contributed by atoms with E-state index in [1.807, 2.05) is 42.6 Å². The Labute approximate surface area is 197 Å². The molecule has 7 heteroatoms. The number of nitrogens with zero attached hydrogens (tertiary/aromatic N) is 1. The number of methoxy groups -OCH3 is 1. The number of benzene rings is 3. The number of hydrogen-bond donors (Lipinski definition) is 2. The van der Waals surface area contributed by atoms with Crippen molar-refractivity contribution >= 4 is 16.8 Å². The Kier molecular flexibility index (Phi) is 5.99. The third kappa shape index (κ3) is 4.37. The van der Waals surface area contributed by atoms with Crippen molar-refractivity contribution in [2.75, 3.05) is 20.4 Å². The second kappa shape index (κ2) is 9.39. The lowest BCUT2D eigenvalue weighted by Gasteiger charge is -2.20. The monoisotopic (exact) mass is 458 g/mol. The summed E-state index contributed by atoms with van der Waals surface area (Å²) in [6.45, 7) is 1.28. The molecule has 0 aliphatic carbocycles. The molecule has 0 spiro atoms. The van der Waals surface area contributed by atoms with Crippen molar-refractivity contribution in [2.24, 2.45) is 0 Å². The average Bonchev–Trinajstić information content (AvgIpc) is 3.49. The molecule has 1 aromatic heterocycles. The van der Waals surface area contributed by atoms with E-state index in [9.17, 15) is 9.90 Å². The standard InChI is InChI=1S/C27H26N2O5/c1-32-20-8-6-18(7-9-20)21(22-14-25-26(16-24(22)30)34-17-33-25)15-27(31)28-11-13-29-12-10-19-4-2-3-5-23(19)29/h2-10,12,14,16,21,30H,11,13,15,17H2,1H3,(H,28,31). The molecule has 2 heterocycles. The Balaban J connectivity index is 1.33. The van der Waals surface area contributed by atoms with Crippen LogP contribution in [0.15, 0.2) is 72.9 Å². The van der Waals surface area contributed by atoms with Gasteiger partial charge in [0.2, 0.25) is 12.7 Å². The highest BCUT2D eigenvalue weighted by molar-refractivity contribution is 5.80. The number of nitrogens with one attached hydrogen (secondary N) is 1. The number of amides is 1. The zero-order valence-corrected chi connectivity index (χ0v) is 18.9. The maximum atomic E-state index is 13.0. The largest absolute Gasteiger partial charge is 0.508 e. The van der Waals surface area contributed by atoms with Gasteiger partial charge in [-0.05, 0) is 41.3 Å². The van der Waals surface area contributed by atoms with E-state index in [-0.39, 0.29) is 30.8 Å². The van der Waals surface area contributed by atoms with Gasteiger partial charge in [-0.3, -0.25) is 4.79 Å². The number of aromatic hydroxyl groups is 1. The zero-order valence-electron chi connectivity index (χ0n) is 18.9. The van der Waals surface area contributed by atoms with E-state index >= 15 is 0 Å². The molecule has 174 valence electrons. The molecule has 34 heavy (non-hydrogen) atoms. The topological polar surface area (TPSA) is 82.0 Å². The van der Waals surface area contributed by atoms with E-state index < -0.39 is 0 Å². The van der Waals surface area contributed by atoms with E-state index in [0.717, 1.165) is 16.8 Å². The highest BCUT2D eigenvalue weighted by Crippen LogP contribution is 2.43. The van der Waals surface area contributed by atoms with Crippen LogP contribution in [0.4, 0.5) is 0 Å². The quantitative estimate of drug-likeness (QED) is 0.408. The summed E-state index contributed by atoms with van der Waals surface area (Å²) in [5.41, 5.74) is 2.64.